The van der Waals surface area contributed by atoms with Crippen molar-refractivity contribution in [2.24, 2.45) is 0 Å². The second-order valence-electron chi connectivity index (χ2n) is 3.38. The molecule has 1 aliphatic heterocycles. The molecule has 1 aromatic rings. The van der Waals surface area contributed by atoms with Crippen molar-refractivity contribution in [3.63, 3.8) is 0 Å². The second kappa shape index (κ2) is 3.23. The second-order valence-corrected chi connectivity index (χ2v) is 3.38. The minimum atomic E-state index is 0.603. The molecule has 1 aliphatic rings. The molecule has 0 bridgehead atoms. The number of hydrogen-bond donors (Lipinski definition) is 1. The number of nitrogens with zero attached hydrogens (tertiary/aromatic N) is 3. The lowest BCUT2D eigenvalue weighted by molar-refractivity contribution is 0.466. The zero-order valence-corrected chi connectivity index (χ0v) is 7.32. The first kappa shape index (κ1) is 7.73. The van der Waals surface area contributed by atoms with Crippen LogP contribution >= 0.6 is 0 Å². The third-order valence-electron chi connectivity index (χ3n) is 2.22. The molecular weight excluding hydrogens is 152 g/mol. The summed E-state index contributed by atoms with van der Waals surface area (Å²) in [5, 5.41) is 11.4. The van der Waals surface area contributed by atoms with Gasteiger partial charge >= 0.3 is 0 Å². The van der Waals surface area contributed by atoms with E-state index < -0.39 is 0 Å². The summed E-state index contributed by atoms with van der Waals surface area (Å²) < 4.78 is 1.92. The fourth-order valence-corrected chi connectivity index (χ4v) is 1.62. The topological polar surface area (TPSA) is 42.7 Å². The van der Waals surface area contributed by atoms with Crippen LogP contribution in [-0.4, -0.2) is 27.6 Å². The van der Waals surface area contributed by atoms with E-state index in [9.17, 15) is 0 Å². The Kier molecular flexibility index (Phi) is 2.08. The Hall–Kier alpha value is -0.900. The monoisotopic (exact) mass is 166 g/mol. The summed E-state index contributed by atoms with van der Waals surface area (Å²) in [7, 11) is 0. The van der Waals surface area contributed by atoms with E-state index in [-0.39, 0.29) is 0 Å². The lowest BCUT2D eigenvalue weighted by Crippen LogP contribution is -2.26. The van der Waals surface area contributed by atoms with Gasteiger partial charge in [0.15, 0.2) is 0 Å². The van der Waals surface area contributed by atoms with Gasteiger partial charge in [0.25, 0.3) is 0 Å². The predicted octanol–water partition coefficient (Wildman–Crippen LogP) is 0.339. The summed E-state index contributed by atoms with van der Waals surface area (Å²) in [6.07, 6.45) is 4.54. The molecule has 0 radical (unpaired) electrons. The third kappa shape index (κ3) is 1.64. The summed E-state index contributed by atoms with van der Waals surface area (Å²) >= 11 is 0. The highest BCUT2D eigenvalue weighted by Crippen LogP contribution is 2.06. The van der Waals surface area contributed by atoms with Gasteiger partial charge in [0, 0.05) is 12.2 Å². The molecule has 1 saturated heterocycles. The van der Waals surface area contributed by atoms with Gasteiger partial charge in [0.1, 0.15) is 0 Å². The molecule has 12 heavy (non-hydrogen) atoms. The first-order valence-corrected chi connectivity index (χ1v) is 4.45. The Balaban J connectivity index is 1.94. The van der Waals surface area contributed by atoms with E-state index in [2.05, 4.69) is 15.6 Å². The summed E-state index contributed by atoms with van der Waals surface area (Å²) in [5.74, 6) is 0. The van der Waals surface area contributed by atoms with Crippen molar-refractivity contribution in [1.29, 1.82) is 0 Å². The first-order chi connectivity index (χ1) is 5.84. The molecule has 0 unspecified atom stereocenters. The van der Waals surface area contributed by atoms with Crippen molar-refractivity contribution >= 4 is 0 Å². The quantitative estimate of drug-likeness (QED) is 0.689. The molecule has 1 fully saturated rings. The molecule has 1 aromatic heterocycles. The van der Waals surface area contributed by atoms with Crippen LogP contribution in [0, 0.1) is 6.92 Å². The molecule has 1 N–H and O–H groups in total. The fraction of sp³-hybridized carbons (Fsp3) is 0.750. The highest BCUT2D eigenvalue weighted by Gasteiger charge is 2.14. The maximum atomic E-state index is 4.01. The lowest BCUT2D eigenvalue weighted by Gasteiger charge is -2.08. The molecule has 0 spiro atoms. The standard InChI is InChI=1S/C8H14N4/c1-7-5-12(11-10-7)6-8-3-2-4-9-8/h5,8-9H,2-4,6H2,1H3/t8-/m1/s1. The van der Waals surface area contributed by atoms with E-state index in [0.717, 1.165) is 18.8 Å². The number of nitrogens with one attached hydrogen (secondary N) is 1. The number of hydrogen-bond acceptors (Lipinski definition) is 3. The normalized spacial score (nSPS) is 23.2. The Labute approximate surface area is 72.0 Å². The summed E-state index contributed by atoms with van der Waals surface area (Å²) in [4.78, 5) is 0. The van der Waals surface area contributed by atoms with Crippen LogP contribution < -0.4 is 5.32 Å². The van der Waals surface area contributed by atoms with Gasteiger partial charge < -0.3 is 5.32 Å². The SMILES string of the molecule is Cc1cn(C[C@H]2CCCN2)nn1. The van der Waals surface area contributed by atoms with Crippen LogP contribution in [0.25, 0.3) is 0 Å². The first-order valence-electron chi connectivity index (χ1n) is 4.45. The van der Waals surface area contributed by atoms with E-state index in [1.807, 2.05) is 17.8 Å². The average Bonchev–Trinajstić information content (AvgIpc) is 2.63. The van der Waals surface area contributed by atoms with Gasteiger partial charge in [-0.1, -0.05) is 5.21 Å². The molecule has 1 atom stereocenters. The highest BCUT2D eigenvalue weighted by molar-refractivity contribution is 4.87. The van der Waals surface area contributed by atoms with Crippen LogP contribution in [0.3, 0.4) is 0 Å². The van der Waals surface area contributed by atoms with Gasteiger partial charge in [0.2, 0.25) is 0 Å². The lowest BCUT2D eigenvalue weighted by atomic mass is 10.2. The van der Waals surface area contributed by atoms with Gasteiger partial charge in [0.05, 0.1) is 12.2 Å². The molecule has 0 aromatic carbocycles. The zero-order valence-electron chi connectivity index (χ0n) is 7.32. The molecule has 4 heteroatoms. The zero-order chi connectivity index (χ0) is 8.39. The van der Waals surface area contributed by atoms with Gasteiger partial charge in [-0.25, -0.2) is 0 Å². The van der Waals surface area contributed by atoms with Crippen LogP contribution in [0.2, 0.25) is 0 Å². The predicted molar refractivity (Wildman–Crippen MR) is 45.8 cm³/mol. The Morgan fingerprint density at radius 1 is 1.75 bits per heavy atom. The Morgan fingerprint density at radius 3 is 3.25 bits per heavy atom. The third-order valence-corrected chi connectivity index (χ3v) is 2.22. The fourth-order valence-electron chi connectivity index (χ4n) is 1.62. The minimum Gasteiger partial charge on any atom is -0.312 e. The molecule has 2 heterocycles. The van der Waals surface area contributed by atoms with E-state index in [0.29, 0.717) is 6.04 Å². The minimum absolute atomic E-state index is 0.603. The van der Waals surface area contributed by atoms with Crippen molar-refractivity contribution in [3.05, 3.63) is 11.9 Å². The Morgan fingerprint density at radius 2 is 2.67 bits per heavy atom. The van der Waals surface area contributed by atoms with E-state index in [1.54, 1.807) is 0 Å². The largest absolute Gasteiger partial charge is 0.312 e. The molecule has 0 aliphatic carbocycles. The molecule has 66 valence electrons. The Bertz CT molecular complexity index is 249. The van der Waals surface area contributed by atoms with Crippen LogP contribution in [0.15, 0.2) is 6.20 Å². The smallest absolute Gasteiger partial charge is 0.0796 e. The van der Waals surface area contributed by atoms with Crippen LogP contribution in [0.1, 0.15) is 18.5 Å². The van der Waals surface area contributed by atoms with Crippen LogP contribution in [0.4, 0.5) is 0 Å². The van der Waals surface area contributed by atoms with Crippen LogP contribution in [-0.2, 0) is 6.54 Å². The van der Waals surface area contributed by atoms with Crippen molar-refractivity contribution in [2.75, 3.05) is 6.54 Å². The summed E-state index contributed by atoms with van der Waals surface area (Å²) in [6, 6.07) is 0.603. The van der Waals surface area contributed by atoms with Gasteiger partial charge in [-0.2, -0.15) is 0 Å². The maximum absolute atomic E-state index is 4.01. The van der Waals surface area contributed by atoms with E-state index in [1.165, 1.54) is 12.8 Å². The van der Waals surface area contributed by atoms with E-state index in [4.69, 9.17) is 0 Å². The molecule has 0 saturated carbocycles. The maximum Gasteiger partial charge on any atom is 0.0796 e. The highest BCUT2D eigenvalue weighted by atomic mass is 15.4. The van der Waals surface area contributed by atoms with Gasteiger partial charge in [-0.05, 0) is 26.3 Å². The van der Waals surface area contributed by atoms with Gasteiger partial charge in [-0.3, -0.25) is 4.68 Å². The number of aromatic nitrogens is 3. The summed E-state index contributed by atoms with van der Waals surface area (Å²) in [6.45, 7) is 4.07. The van der Waals surface area contributed by atoms with Crippen molar-refractivity contribution in [3.8, 4) is 0 Å². The van der Waals surface area contributed by atoms with Crippen molar-refractivity contribution in [1.82, 2.24) is 20.3 Å². The van der Waals surface area contributed by atoms with E-state index >= 15 is 0 Å². The van der Waals surface area contributed by atoms with Crippen molar-refractivity contribution < 1.29 is 0 Å². The van der Waals surface area contributed by atoms with Gasteiger partial charge in [-0.15, -0.1) is 5.10 Å². The molecule has 0 amide bonds. The van der Waals surface area contributed by atoms with Crippen molar-refractivity contribution in [2.45, 2.75) is 32.4 Å². The molecule has 4 nitrogen and oxygen atoms in total. The average molecular weight is 166 g/mol. The number of aryl methyl sites for hydroxylation is 1. The number of rotatable bonds is 2. The summed E-state index contributed by atoms with van der Waals surface area (Å²) in [5.41, 5.74) is 0.994. The molecular formula is C8H14N4. The molecule has 2 rings (SSSR count). The van der Waals surface area contributed by atoms with Crippen LogP contribution in [0.5, 0.6) is 0 Å².